The van der Waals surface area contributed by atoms with E-state index in [0.29, 0.717) is 11.7 Å². The Kier molecular flexibility index (Phi) is 4.95. The van der Waals surface area contributed by atoms with Gasteiger partial charge in [-0.2, -0.15) is 0 Å². The third-order valence-electron chi connectivity index (χ3n) is 2.50. The summed E-state index contributed by atoms with van der Waals surface area (Å²) < 4.78 is 0. The van der Waals surface area contributed by atoms with Gasteiger partial charge in [-0.25, -0.2) is 0 Å². The third kappa shape index (κ3) is 2.78. The average Bonchev–Trinajstić information content (AvgIpc) is 2.02. The second-order valence-corrected chi connectivity index (χ2v) is 4.31. The number of benzene rings is 1. The lowest BCUT2D eigenvalue weighted by Gasteiger charge is -2.17. The Bertz CT molecular complexity index is 335. The quantitative estimate of drug-likeness (QED) is 0.761. The first-order valence-electron chi connectivity index (χ1n) is 5.06. The molecule has 0 aliphatic rings. The number of phenolic OH excluding ortho intramolecular Hbond substituents is 1. The Morgan fingerprint density at radius 1 is 1.07 bits per heavy atom. The zero-order valence-corrected chi connectivity index (χ0v) is 10.6. The fourth-order valence-electron chi connectivity index (χ4n) is 1.75. The Morgan fingerprint density at radius 2 is 1.60 bits per heavy atom. The number of aromatic hydroxyl groups is 1. The van der Waals surface area contributed by atoms with Crippen LogP contribution in [0, 0.1) is 0 Å². The molecule has 3 N–H and O–H groups in total. The molecule has 0 aliphatic carbocycles. The second kappa shape index (κ2) is 5.26. The van der Waals surface area contributed by atoms with Crippen LogP contribution in [0.3, 0.4) is 0 Å². The summed E-state index contributed by atoms with van der Waals surface area (Å²) in [5, 5.41) is 9.69. The van der Waals surface area contributed by atoms with Gasteiger partial charge in [0.15, 0.2) is 0 Å². The first kappa shape index (κ1) is 14.1. The zero-order chi connectivity index (χ0) is 10.9. The summed E-state index contributed by atoms with van der Waals surface area (Å²) >= 11 is 0. The molecule has 0 heterocycles. The fraction of sp³-hybridized carbons (Fsp3) is 0.500. The van der Waals surface area contributed by atoms with Crippen molar-refractivity contribution in [2.45, 2.75) is 39.5 Å². The van der Waals surface area contributed by atoms with Crippen LogP contribution in [-0.4, -0.2) is 5.11 Å². The molecule has 0 atom stereocenters. The molecule has 0 radical (unpaired) electrons. The Balaban J connectivity index is 0.00000196. The van der Waals surface area contributed by atoms with Gasteiger partial charge in [-0.05, 0) is 23.5 Å². The van der Waals surface area contributed by atoms with E-state index in [2.05, 4.69) is 13.8 Å². The minimum atomic E-state index is 0. The molecule has 0 amide bonds. The monoisotopic (exact) mass is 229 g/mol. The van der Waals surface area contributed by atoms with Gasteiger partial charge in [-0.15, -0.1) is 12.4 Å². The third-order valence-corrected chi connectivity index (χ3v) is 2.50. The molecule has 3 heteroatoms. The summed E-state index contributed by atoms with van der Waals surface area (Å²) in [6.07, 6.45) is 0. The maximum absolute atomic E-state index is 9.69. The highest BCUT2D eigenvalue weighted by Gasteiger charge is 2.14. The van der Waals surface area contributed by atoms with E-state index in [1.165, 1.54) is 0 Å². The molecule has 0 spiro atoms. The first-order valence-corrected chi connectivity index (χ1v) is 5.06. The number of rotatable bonds is 2. The van der Waals surface area contributed by atoms with Gasteiger partial charge >= 0.3 is 0 Å². The summed E-state index contributed by atoms with van der Waals surface area (Å²) in [5.74, 6) is 0.962. The molecule has 0 saturated heterocycles. The van der Waals surface area contributed by atoms with E-state index in [-0.39, 0.29) is 18.3 Å². The van der Waals surface area contributed by atoms with Crippen molar-refractivity contribution in [3.05, 3.63) is 23.3 Å². The Labute approximate surface area is 97.9 Å². The van der Waals surface area contributed by atoms with Crippen molar-refractivity contribution < 1.29 is 5.11 Å². The maximum Gasteiger partial charge on any atom is 0.121 e. The topological polar surface area (TPSA) is 46.2 Å². The molecule has 86 valence electrons. The van der Waals surface area contributed by atoms with Gasteiger partial charge in [0.2, 0.25) is 0 Å². The van der Waals surface area contributed by atoms with Crippen molar-refractivity contribution in [3.63, 3.8) is 0 Å². The van der Waals surface area contributed by atoms with Crippen LogP contribution in [0.5, 0.6) is 5.75 Å². The number of nitrogens with two attached hydrogens (primary N) is 1. The number of halogens is 1. The predicted molar refractivity (Wildman–Crippen MR) is 67.9 cm³/mol. The van der Waals surface area contributed by atoms with Crippen LogP contribution in [0.1, 0.15) is 50.7 Å². The SMILES string of the molecule is CC(C)c1ccc(O)c(C(C)C)c1N.Cl. The molecule has 1 aromatic carbocycles. The summed E-state index contributed by atoms with van der Waals surface area (Å²) in [4.78, 5) is 0. The van der Waals surface area contributed by atoms with Gasteiger partial charge < -0.3 is 10.8 Å². The van der Waals surface area contributed by atoms with E-state index in [1.807, 2.05) is 19.9 Å². The molecular weight excluding hydrogens is 210 g/mol. The molecule has 2 nitrogen and oxygen atoms in total. The minimum absolute atomic E-state index is 0. The van der Waals surface area contributed by atoms with Gasteiger partial charge in [-0.3, -0.25) is 0 Å². The van der Waals surface area contributed by atoms with E-state index >= 15 is 0 Å². The number of phenols is 1. The van der Waals surface area contributed by atoms with Gasteiger partial charge in [0.1, 0.15) is 5.75 Å². The maximum atomic E-state index is 9.69. The number of hydrogen-bond donors (Lipinski definition) is 2. The minimum Gasteiger partial charge on any atom is -0.508 e. The lowest BCUT2D eigenvalue weighted by Crippen LogP contribution is -2.03. The fourth-order valence-corrected chi connectivity index (χ4v) is 1.75. The molecule has 0 aliphatic heterocycles. The van der Waals surface area contributed by atoms with Gasteiger partial charge in [0.25, 0.3) is 0 Å². The first-order chi connectivity index (χ1) is 6.45. The smallest absolute Gasteiger partial charge is 0.121 e. The summed E-state index contributed by atoms with van der Waals surface area (Å²) in [6, 6.07) is 3.64. The molecule has 0 bridgehead atoms. The molecular formula is C12H20ClNO. The van der Waals surface area contributed by atoms with Gasteiger partial charge in [0, 0.05) is 11.3 Å². The number of hydrogen-bond acceptors (Lipinski definition) is 2. The summed E-state index contributed by atoms with van der Waals surface area (Å²) in [7, 11) is 0. The predicted octanol–water partition coefficient (Wildman–Crippen LogP) is 3.64. The lowest BCUT2D eigenvalue weighted by molar-refractivity contribution is 0.465. The number of nitrogen functional groups attached to an aromatic ring is 1. The zero-order valence-electron chi connectivity index (χ0n) is 9.74. The molecule has 0 unspecified atom stereocenters. The molecule has 1 rings (SSSR count). The van der Waals surface area contributed by atoms with Crippen LogP contribution in [0.4, 0.5) is 5.69 Å². The van der Waals surface area contributed by atoms with Crippen LogP contribution in [0.2, 0.25) is 0 Å². The highest BCUT2D eigenvalue weighted by molar-refractivity contribution is 5.85. The van der Waals surface area contributed by atoms with Crippen molar-refractivity contribution >= 4 is 18.1 Å². The summed E-state index contributed by atoms with van der Waals surface area (Å²) in [5.41, 5.74) is 8.76. The van der Waals surface area contributed by atoms with E-state index in [9.17, 15) is 5.11 Å². The lowest BCUT2D eigenvalue weighted by atomic mass is 9.92. The van der Waals surface area contributed by atoms with Crippen molar-refractivity contribution in [1.29, 1.82) is 0 Å². The van der Waals surface area contributed by atoms with Crippen molar-refractivity contribution in [2.75, 3.05) is 5.73 Å². The molecule has 1 aromatic rings. The largest absolute Gasteiger partial charge is 0.508 e. The van der Waals surface area contributed by atoms with Gasteiger partial charge in [0.05, 0.1) is 0 Å². The van der Waals surface area contributed by atoms with Crippen LogP contribution in [0.25, 0.3) is 0 Å². The van der Waals surface area contributed by atoms with E-state index in [4.69, 9.17) is 5.73 Å². The van der Waals surface area contributed by atoms with Crippen molar-refractivity contribution in [2.24, 2.45) is 0 Å². The van der Waals surface area contributed by atoms with Crippen molar-refractivity contribution in [1.82, 2.24) is 0 Å². The normalized spacial score (nSPS) is 10.5. The summed E-state index contributed by atoms with van der Waals surface area (Å²) in [6.45, 7) is 8.28. The average molecular weight is 230 g/mol. The molecule has 15 heavy (non-hydrogen) atoms. The van der Waals surface area contributed by atoms with Crippen LogP contribution >= 0.6 is 12.4 Å². The second-order valence-electron chi connectivity index (χ2n) is 4.31. The van der Waals surface area contributed by atoms with E-state index < -0.39 is 0 Å². The van der Waals surface area contributed by atoms with Crippen LogP contribution in [0.15, 0.2) is 12.1 Å². The highest BCUT2D eigenvalue weighted by atomic mass is 35.5. The Morgan fingerprint density at radius 3 is 2.00 bits per heavy atom. The van der Waals surface area contributed by atoms with Crippen LogP contribution < -0.4 is 5.73 Å². The molecule has 0 fully saturated rings. The van der Waals surface area contributed by atoms with E-state index in [1.54, 1.807) is 6.07 Å². The molecule has 0 aromatic heterocycles. The Hall–Kier alpha value is -0.890. The standard InChI is InChI=1S/C12H19NO.ClH/c1-7(2)9-5-6-10(14)11(8(3)4)12(9)13;/h5-8,14H,13H2,1-4H3;1H. The van der Waals surface area contributed by atoms with Crippen LogP contribution in [-0.2, 0) is 0 Å². The molecule has 0 saturated carbocycles. The van der Waals surface area contributed by atoms with E-state index in [0.717, 1.165) is 16.8 Å². The van der Waals surface area contributed by atoms with Gasteiger partial charge in [-0.1, -0.05) is 33.8 Å². The number of anilines is 1. The van der Waals surface area contributed by atoms with Crippen molar-refractivity contribution in [3.8, 4) is 5.75 Å². The highest BCUT2D eigenvalue weighted by Crippen LogP contribution is 2.35.